The summed E-state index contributed by atoms with van der Waals surface area (Å²) >= 11 is 5.16. The van der Waals surface area contributed by atoms with Gasteiger partial charge in [0, 0.05) is 11.8 Å². The third-order valence-corrected chi connectivity index (χ3v) is 3.71. The Bertz CT molecular complexity index is 748. The van der Waals surface area contributed by atoms with Crippen LogP contribution < -0.4 is 10.6 Å². The number of carbonyl (C=O) groups is 1. The van der Waals surface area contributed by atoms with Crippen LogP contribution in [0.1, 0.15) is 22.3 Å². The first-order chi connectivity index (χ1) is 10.9. The maximum Gasteiger partial charge on any atom is 0.250 e. The number of aryl methyl sites for hydroxylation is 3. The van der Waals surface area contributed by atoms with Gasteiger partial charge in [0.05, 0.1) is 0 Å². The number of nitrogens with one attached hydrogen (secondary N) is 2. The summed E-state index contributed by atoms with van der Waals surface area (Å²) in [6.07, 6.45) is 3.23. The summed E-state index contributed by atoms with van der Waals surface area (Å²) in [5, 5.41) is 5.93. The van der Waals surface area contributed by atoms with Gasteiger partial charge in [0.25, 0.3) is 0 Å². The van der Waals surface area contributed by atoms with E-state index in [-0.39, 0.29) is 11.0 Å². The van der Waals surface area contributed by atoms with E-state index >= 15 is 0 Å². The second-order valence-corrected chi connectivity index (χ2v) is 5.89. The molecule has 0 atom stereocenters. The van der Waals surface area contributed by atoms with E-state index in [1.54, 1.807) is 6.08 Å². The van der Waals surface area contributed by atoms with Gasteiger partial charge in [0.1, 0.15) is 0 Å². The van der Waals surface area contributed by atoms with Crippen LogP contribution in [0.15, 0.2) is 48.5 Å². The van der Waals surface area contributed by atoms with Crippen LogP contribution in [0.5, 0.6) is 0 Å². The Balaban J connectivity index is 1.90. The molecule has 0 radical (unpaired) electrons. The molecule has 0 saturated heterocycles. The number of thiocarbonyl (C=S) groups is 1. The summed E-state index contributed by atoms with van der Waals surface area (Å²) in [5.41, 5.74) is 5.40. The maximum absolute atomic E-state index is 11.9. The second kappa shape index (κ2) is 7.70. The fraction of sp³-hybridized carbons (Fsp3) is 0.158. The van der Waals surface area contributed by atoms with E-state index in [4.69, 9.17) is 12.2 Å². The summed E-state index contributed by atoms with van der Waals surface area (Å²) in [7, 11) is 0. The molecule has 23 heavy (non-hydrogen) atoms. The first kappa shape index (κ1) is 16.9. The van der Waals surface area contributed by atoms with Crippen LogP contribution in [0.2, 0.25) is 0 Å². The number of amides is 1. The Hall–Kier alpha value is -2.46. The van der Waals surface area contributed by atoms with Crippen molar-refractivity contribution in [3.8, 4) is 0 Å². The SMILES string of the molecule is Cc1ccc(/C=C/C(=O)NC(=S)Nc2ccc(C)c(C)c2)cc1. The largest absolute Gasteiger partial charge is 0.332 e. The molecule has 0 spiro atoms. The highest BCUT2D eigenvalue weighted by Crippen LogP contribution is 2.13. The molecule has 2 rings (SSSR count). The highest BCUT2D eigenvalue weighted by Gasteiger charge is 2.02. The minimum Gasteiger partial charge on any atom is -0.332 e. The highest BCUT2D eigenvalue weighted by molar-refractivity contribution is 7.80. The molecule has 3 nitrogen and oxygen atoms in total. The van der Waals surface area contributed by atoms with Gasteiger partial charge in [-0.15, -0.1) is 0 Å². The van der Waals surface area contributed by atoms with E-state index in [1.165, 1.54) is 22.8 Å². The minimum atomic E-state index is -0.257. The van der Waals surface area contributed by atoms with E-state index in [9.17, 15) is 4.79 Å². The van der Waals surface area contributed by atoms with E-state index < -0.39 is 0 Å². The average Bonchev–Trinajstić information content (AvgIpc) is 2.50. The lowest BCUT2D eigenvalue weighted by molar-refractivity contribution is -0.115. The van der Waals surface area contributed by atoms with Gasteiger partial charge < -0.3 is 5.32 Å². The number of benzene rings is 2. The molecule has 2 N–H and O–H groups in total. The van der Waals surface area contributed by atoms with Crippen LogP contribution >= 0.6 is 12.2 Å². The van der Waals surface area contributed by atoms with Gasteiger partial charge in [-0.05, 0) is 67.9 Å². The van der Waals surface area contributed by atoms with Crippen molar-refractivity contribution in [2.24, 2.45) is 0 Å². The predicted octanol–water partition coefficient (Wildman–Crippen LogP) is 4.14. The smallest absolute Gasteiger partial charge is 0.250 e. The summed E-state index contributed by atoms with van der Waals surface area (Å²) < 4.78 is 0. The topological polar surface area (TPSA) is 41.1 Å². The van der Waals surface area contributed by atoms with Gasteiger partial charge in [0.15, 0.2) is 5.11 Å². The van der Waals surface area contributed by atoms with Crippen molar-refractivity contribution in [2.45, 2.75) is 20.8 Å². The zero-order chi connectivity index (χ0) is 16.8. The molecule has 0 aliphatic heterocycles. The zero-order valence-corrected chi connectivity index (χ0v) is 14.3. The van der Waals surface area contributed by atoms with Gasteiger partial charge in [-0.1, -0.05) is 35.9 Å². The predicted molar refractivity (Wildman–Crippen MR) is 100 cm³/mol. The van der Waals surface area contributed by atoms with Gasteiger partial charge in [-0.2, -0.15) is 0 Å². The van der Waals surface area contributed by atoms with E-state index in [0.717, 1.165) is 11.3 Å². The Morgan fingerprint density at radius 1 is 1.00 bits per heavy atom. The van der Waals surface area contributed by atoms with Crippen LogP contribution in [0.4, 0.5) is 5.69 Å². The Labute approximate surface area is 142 Å². The average molecular weight is 324 g/mol. The van der Waals surface area contributed by atoms with Crippen LogP contribution in [0.3, 0.4) is 0 Å². The molecule has 0 bridgehead atoms. The van der Waals surface area contributed by atoms with Crippen LogP contribution in [-0.2, 0) is 4.79 Å². The van der Waals surface area contributed by atoms with Gasteiger partial charge >= 0.3 is 0 Å². The number of rotatable bonds is 3. The lowest BCUT2D eigenvalue weighted by atomic mass is 10.1. The number of anilines is 1. The van der Waals surface area contributed by atoms with E-state index in [0.29, 0.717) is 0 Å². The van der Waals surface area contributed by atoms with Crippen molar-refractivity contribution in [2.75, 3.05) is 5.32 Å². The van der Waals surface area contributed by atoms with E-state index in [1.807, 2.05) is 56.3 Å². The molecule has 2 aromatic carbocycles. The van der Waals surface area contributed by atoms with Gasteiger partial charge in [-0.25, -0.2) is 0 Å². The van der Waals surface area contributed by atoms with Crippen molar-refractivity contribution in [3.63, 3.8) is 0 Å². The zero-order valence-electron chi connectivity index (χ0n) is 13.5. The second-order valence-electron chi connectivity index (χ2n) is 5.49. The van der Waals surface area contributed by atoms with Crippen LogP contribution in [0, 0.1) is 20.8 Å². The highest BCUT2D eigenvalue weighted by atomic mass is 32.1. The lowest BCUT2D eigenvalue weighted by Crippen LogP contribution is -2.32. The third-order valence-electron chi connectivity index (χ3n) is 3.51. The van der Waals surface area contributed by atoms with Crippen molar-refractivity contribution in [1.29, 1.82) is 0 Å². The van der Waals surface area contributed by atoms with Crippen LogP contribution in [0.25, 0.3) is 6.08 Å². The number of carbonyl (C=O) groups excluding carboxylic acids is 1. The molecule has 0 saturated carbocycles. The van der Waals surface area contributed by atoms with Crippen molar-refractivity contribution in [3.05, 3.63) is 70.8 Å². The molecule has 118 valence electrons. The molecule has 0 fully saturated rings. The lowest BCUT2D eigenvalue weighted by Gasteiger charge is -2.09. The molecule has 0 aromatic heterocycles. The quantitative estimate of drug-likeness (QED) is 0.658. The van der Waals surface area contributed by atoms with Crippen molar-refractivity contribution >= 4 is 35.0 Å². The molecule has 0 unspecified atom stereocenters. The van der Waals surface area contributed by atoms with Gasteiger partial charge in [0.2, 0.25) is 5.91 Å². The molecule has 4 heteroatoms. The fourth-order valence-electron chi connectivity index (χ4n) is 1.98. The van der Waals surface area contributed by atoms with Crippen molar-refractivity contribution < 1.29 is 4.79 Å². The minimum absolute atomic E-state index is 0.257. The molecular formula is C19H20N2OS. The third kappa shape index (κ3) is 5.34. The molecule has 1 amide bonds. The molecule has 0 aliphatic rings. The normalized spacial score (nSPS) is 10.6. The molecule has 2 aromatic rings. The summed E-state index contributed by atoms with van der Waals surface area (Å²) in [5.74, 6) is -0.257. The monoisotopic (exact) mass is 324 g/mol. The summed E-state index contributed by atoms with van der Waals surface area (Å²) in [6.45, 7) is 6.11. The maximum atomic E-state index is 11.9. The van der Waals surface area contributed by atoms with Crippen LogP contribution in [-0.4, -0.2) is 11.0 Å². The number of hydrogen-bond acceptors (Lipinski definition) is 2. The first-order valence-electron chi connectivity index (χ1n) is 7.38. The first-order valence-corrected chi connectivity index (χ1v) is 7.79. The Morgan fingerprint density at radius 3 is 2.35 bits per heavy atom. The fourth-order valence-corrected chi connectivity index (χ4v) is 2.20. The summed E-state index contributed by atoms with van der Waals surface area (Å²) in [4.78, 5) is 11.9. The standard InChI is InChI=1S/C19H20N2OS/c1-13-4-7-16(8-5-13)9-11-18(22)21-19(23)20-17-10-6-14(2)15(3)12-17/h4-12H,1-3H3,(H2,20,21,22,23)/b11-9+. The molecular weight excluding hydrogens is 304 g/mol. The molecule has 0 heterocycles. The summed E-state index contributed by atoms with van der Waals surface area (Å²) in [6, 6.07) is 13.9. The van der Waals surface area contributed by atoms with Crippen molar-refractivity contribution in [1.82, 2.24) is 5.32 Å². The van der Waals surface area contributed by atoms with Gasteiger partial charge in [-0.3, -0.25) is 10.1 Å². The Morgan fingerprint density at radius 2 is 1.70 bits per heavy atom. The van der Waals surface area contributed by atoms with E-state index in [2.05, 4.69) is 17.6 Å². The molecule has 0 aliphatic carbocycles. The number of hydrogen-bond donors (Lipinski definition) is 2. The Kier molecular flexibility index (Phi) is 5.66.